The molecule has 0 aromatic heterocycles. The van der Waals surface area contributed by atoms with E-state index in [4.69, 9.17) is 0 Å². The average molecular weight is 194 g/mol. The van der Waals surface area contributed by atoms with Crippen molar-refractivity contribution in [3.63, 3.8) is 0 Å². The minimum atomic E-state index is 1.05. The van der Waals surface area contributed by atoms with Crippen LogP contribution in [-0.4, -0.2) is 43.5 Å². The van der Waals surface area contributed by atoms with E-state index in [1.807, 2.05) is 6.08 Å². The molecule has 2 aliphatic rings. The van der Waals surface area contributed by atoms with Crippen LogP contribution in [0.2, 0.25) is 0 Å². The number of hydrogen-bond acceptors (Lipinski definition) is 2. The van der Waals surface area contributed by atoms with E-state index in [-0.39, 0.29) is 0 Å². The van der Waals surface area contributed by atoms with Crippen LogP contribution >= 0.6 is 0 Å². The molecule has 80 valence electrons. The van der Waals surface area contributed by atoms with Gasteiger partial charge in [-0.2, -0.15) is 0 Å². The second-order valence-electron chi connectivity index (χ2n) is 4.07. The van der Waals surface area contributed by atoms with Crippen molar-refractivity contribution in [2.24, 2.45) is 0 Å². The summed E-state index contributed by atoms with van der Waals surface area (Å²) in [6.45, 7) is 3.69. The van der Waals surface area contributed by atoms with Gasteiger partial charge < -0.3 is 9.80 Å². The van der Waals surface area contributed by atoms with Gasteiger partial charge in [-0.3, -0.25) is 0 Å². The summed E-state index contributed by atoms with van der Waals surface area (Å²) in [4.78, 5) is 4.52. The molecule has 2 nitrogen and oxygen atoms in total. The molecule has 0 N–H and O–H groups in total. The summed E-state index contributed by atoms with van der Waals surface area (Å²) in [7, 11) is 4.25. The average Bonchev–Trinajstić information content (AvgIpc) is 2.21. The smallest absolute Gasteiger partial charge is 0.0353 e. The van der Waals surface area contributed by atoms with Gasteiger partial charge in [0.15, 0.2) is 0 Å². The first-order chi connectivity index (χ1) is 6.79. The molecule has 0 atom stereocenters. The van der Waals surface area contributed by atoms with Crippen LogP contribution in [0.15, 0.2) is 24.4 Å². The van der Waals surface area contributed by atoms with Crippen molar-refractivity contribution >= 4 is 0 Å². The molecule has 0 aromatic rings. The predicted molar refractivity (Wildman–Crippen MR) is 62.3 cm³/mol. The van der Waals surface area contributed by atoms with E-state index in [1.54, 1.807) is 0 Å². The summed E-state index contributed by atoms with van der Waals surface area (Å²) < 4.78 is 0. The minimum Gasteiger partial charge on any atom is -0.377 e. The number of nitrogens with zero attached hydrogens (tertiary/aromatic N) is 2. The largest absolute Gasteiger partial charge is 0.377 e. The van der Waals surface area contributed by atoms with Crippen LogP contribution in [0.5, 0.6) is 0 Å². The van der Waals surface area contributed by atoms with E-state index in [0.29, 0.717) is 0 Å². The Labute approximate surface area is 87.9 Å². The van der Waals surface area contributed by atoms with Crippen LogP contribution in [-0.2, 0) is 0 Å². The van der Waals surface area contributed by atoms with E-state index in [1.165, 1.54) is 32.4 Å². The van der Waals surface area contributed by atoms with Gasteiger partial charge in [0.2, 0.25) is 0 Å². The van der Waals surface area contributed by atoms with Crippen LogP contribution in [0.4, 0.5) is 0 Å². The van der Waals surface area contributed by atoms with Gasteiger partial charge >= 0.3 is 0 Å². The summed E-state index contributed by atoms with van der Waals surface area (Å²) in [5.41, 5.74) is 0. The number of hydrogen-bond donors (Lipinski definition) is 0. The van der Waals surface area contributed by atoms with Crippen molar-refractivity contribution in [2.45, 2.75) is 19.3 Å². The van der Waals surface area contributed by atoms with Gasteiger partial charge in [-0.15, -0.1) is 0 Å². The van der Waals surface area contributed by atoms with E-state index in [0.717, 1.165) is 6.54 Å². The quantitative estimate of drug-likeness (QED) is 0.583. The number of likely N-dealkylation sites (tertiary alicyclic amines) is 1. The highest BCUT2D eigenvalue weighted by Gasteiger charge is 2.02. The molecule has 0 unspecified atom stereocenters. The summed E-state index contributed by atoms with van der Waals surface area (Å²) in [6, 6.07) is 0. The van der Waals surface area contributed by atoms with Crippen LogP contribution in [0.25, 0.3) is 0 Å². The predicted octanol–water partition coefficient (Wildman–Crippen LogP) is 2.10. The Kier molecular flexibility index (Phi) is 5.38. The molecule has 0 aliphatic carbocycles. The number of piperidine rings is 1. The molecule has 14 heavy (non-hydrogen) atoms. The zero-order chi connectivity index (χ0) is 10.2. The van der Waals surface area contributed by atoms with Crippen LogP contribution in [0, 0.1) is 0 Å². The third-order valence-corrected chi connectivity index (χ3v) is 2.56. The molecule has 0 aromatic carbocycles. The minimum absolute atomic E-state index is 1.05. The van der Waals surface area contributed by atoms with Crippen molar-refractivity contribution in [1.82, 2.24) is 9.80 Å². The van der Waals surface area contributed by atoms with Gasteiger partial charge in [-0.05, 0) is 45.3 Å². The fourth-order valence-corrected chi connectivity index (χ4v) is 1.62. The molecular formula is C12H22N2. The Morgan fingerprint density at radius 1 is 0.929 bits per heavy atom. The third kappa shape index (κ3) is 5.07. The first kappa shape index (κ1) is 11.3. The molecule has 2 aliphatic heterocycles. The standard InChI is InChI=1S/C6H13N.C6H9N/c2*1-7-5-3-2-4-6-7/h2-6H2,1H3;2-5H,6H2,1H3. The van der Waals surface area contributed by atoms with E-state index in [2.05, 4.69) is 42.2 Å². The fraction of sp³-hybridized carbons (Fsp3) is 0.667. The third-order valence-electron chi connectivity index (χ3n) is 2.56. The molecule has 2 rings (SSSR count). The van der Waals surface area contributed by atoms with Gasteiger partial charge in [0.05, 0.1) is 0 Å². The summed E-state index contributed by atoms with van der Waals surface area (Å²) in [6.07, 6.45) is 12.5. The Balaban J connectivity index is 0.000000140. The Morgan fingerprint density at radius 2 is 1.64 bits per heavy atom. The van der Waals surface area contributed by atoms with Gasteiger partial charge in [-0.25, -0.2) is 0 Å². The molecular weight excluding hydrogens is 172 g/mol. The highest BCUT2D eigenvalue weighted by molar-refractivity contribution is 5.07. The maximum atomic E-state index is 2.39. The Morgan fingerprint density at radius 3 is 1.93 bits per heavy atom. The summed E-state index contributed by atoms with van der Waals surface area (Å²) >= 11 is 0. The molecule has 0 spiro atoms. The van der Waals surface area contributed by atoms with Gasteiger partial charge in [0.25, 0.3) is 0 Å². The van der Waals surface area contributed by atoms with Crippen molar-refractivity contribution in [2.75, 3.05) is 33.7 Å². The summed E-state index contributed by atoms with van der Waals surface area (Å²) in [5, 5.41) is 0. The Bertz CT molecular complexity index is 190. The lowest BCUT2D eigenvalue weighted by molar-refractivity contribution is 0.277. The molecule has 1 saturated heterocycles. The van der Waals surface area contributed by atoms with E-state index < -0.39 is 0 Å². The van der Waals surface area contributed by atoms with Gasteiger partial charge in [0, 0.05) is 13.6 Å². The SMILES string of the molecule is CN1C=CC=CC1.CN1CCCCC1. The summed E-state index contributed by atoms with van der Waals surface area (Å²) in [5.74, 6) is 0. The second-order valence-corrected chi connectivity index (χ2v) is 4.07. The van der Waals surface area contributed by atoms with Crippen LogP contribution < -0.4 is 0 Å². The Hall–Kier alpha value is -0.760. The molecule has 0 saturated carbocycles. The number of likely N-dealkylation sites (N-methyl/N-ethyl adjacent to an activating group) is 1. The van der Waals surface area contributed by atoms with Crippen molar-refractivity contribution in [3.05, 3.63) is 24.4 Å². The lowest BCUT2D eigenvalue weighted by Crippen LogP contribution is -2.24. The molecule has 2 heteroatoms. The lowest BCUT2D eigenvalue weighted by atomic mass is 10.1. The molecule has 1 fully saturated rings. The zero-order valence-corrected chi connectivity index (χ0v) is 9.45. The highest BCUT2D eigenvalue weighted by Crippen LogP contribution is 2.04. The highest BCUT2D eigenvalue weighted by atomic mass is 15.1. The van der Waals surface area contributed by atoms with Crippen molar-refractivity contribution in [1.29, 1.82) is 0 Å². The first-order valence-corrected chi connectivity index (χ1v) is 5.51. The molecule has 2 heterocycles. The van der Waals surface area contributed by atoms with E-state index in [9.17, 15) is 0 Å². The van der Waals surface area contributed by atoms with E-state index >= 15 is 0 Å². The molecule has 0 radical (unpaired) electrons. The number of allylic oxidation sites excluding steroid dienone is 2. The molecule has 0 bridgehead atoms. The number of rotatable bonds is 0. The maximum Gasteiger partial charge on any atom is 0.0353 e. The van der Waals surface area contributed by atoms with Gasteiger partial charge in [0.1, 0.15) is 0 Å². The second kappa shape index (κ2) is 6.66. The van der Waals surface area contributed by atoms with Crippen molar-refractivity contribution in [3.8, 4) is 0 Å². The normalized spacial score (nSPS) is 21.7. The maximum absolute atomic E-state index is 2.39. The molecule has 0 amide bonds. The van der Waals surface area contributed by atoms with Crippen LogP contribution in [0.3, 0.4) is 0 Å². The first-order valence-electron chi connectivity index (χ1n) is 5.51. The fourth-order valence-electron chi connectivity index (χ4n) is 1.62. The topological polar surface area (TPSA) is 6.48 Å². The van der Waals surface area contributed by atoms with Crippen molar-refractivity contribution < 1.29 is 0 Å². The monoisotopic (exact) mass is 194 g/mol. The van der Waals surface area contributed by atoms with Gasteiger partial charge in [-0.1, -0.05) is 18.6 Å². The zero-order valence-electron chi connectivity index (χ0n) is 9.45. The lowest BCUT2D eigenvalue weighted by Gasteiger charge is -2.20. The van der Waals surface area contributed by atoms with Crippen LogP contribution in [0.1, 0.15) is 19.3 Å².